The monoisotopic (exact) mass is 350 g/mol. The Hall–Kier alpha value is -2.88. The molecule has 0 saturated carbocycles. The molecule has 0 unspecified atom stereocenters. The molecule has 4 heteroatoms. The van der Waals surface area contributed by atoms with E-state index in [0.29, 0.717) is 5.92 Å². The predicted octanol–water partition coefficient (Wildman–Crippen LogP) is 4.19. The van der Waals surface area contributed by atoms with Crippen LogP contribution >= 0.6 is 0 Å². The van der Waals surface area contributed by atoms with E-state index in [0.717, 1.165) is 22.4 Å². The topological polar surface area (TPSA) is 58.2 Å². The van der Waals surface area contributed by atoms with Gasteiger partial charge in [0, 0.05) is 11.8 Å². The van der Waals surface area contributed by atoms with E-state index in [-0.39, 0.29) is 18.4 Å². The standard InChI is InChI=1S/C22H26N2O2/c1-15(2)19-11-8-18(9-12-19)10-13-20(25)23-14-21(26)24-22-16(3)6-5-7-17(22)4/h5-13,15H,14H2,1-4H3,(H,23,25)(H,24,26)/b13-10+. The molecule has 2 N–H and O–H groups in total. The highest BCUT2D eigenvalue weighted by Gasteiger charge is 2.08. The van der Waals surface area contributed by atoms with Crippen LogP contribution in [-0.4, -0.2) is 18.4 Å². The van der Waals surface area contributed by atoms with Crippen molar-refractivity contribution in [2.45, 2.75) is 33.6 Å². The van der Waals surface area contributed by atoms with Crippen LogP contribution in [0.4, 0.5) is 5.69 Å². The molecule has 0 heterocycles. The number of amides is 2. The minimum absolute atomic E-state index is 0.0662. The summed E-state index contributed by atoms with van der Waals surface area (Å²) in [6.45, 7) is 8.09. The number of rotatable bonds is 6. The molecular formula is C22H26N2O2. The van der Waals surface area contributed by atoms with Crippen molar-refractivity contribution < 1.29 is 9.59 Å². The van der Waals surface area contributed by atoms with Crippen LogP contribution in [0.15, 0.2) is 48.5 Å². The second-order valence-corrected chi connectivity index (χ2v) is 6.69. The van der Waals surface area contributed by atoms with Crippen LogP contribution in [0.25, 0.3) is 6.08 Å². The third-order valence-electron chi connectivity index (χ3n) is 4.20. The number of hydrogen-bond donors (Lipinski definition) is 2. The normalized spacial score (nSPS) is 11.0. The van der Waals surface area contributed by atoms with Gasteiger partial charge in [-0.2, -0.15) is 0 Å². The first-order chi connectivity index (χ1) is 12.4. The molecule has 2 aromatic rings. The van der Waals surface area contributed by atoms with Gasteiger partial charge < -0.3 is 10.6 Å². The van der Waals surface area contributed by atoms with E-state index in [2.05, 4.69) is 36.6 Å². The van der Waals surface area contributed by atoms with Gasteiger partial charge >= 0.3 is 0 Å². The second-order valence-electron chi connectivity index (χ2n) is 6.69. The van der Waals surface area contributed by atoms with Crippen molar-refractivity contribution in [2.24, 2.45) is 0 Å². The van der Waals surface area contributed by atoms with Crippen LogP contribution in [0.1, 0.15) is 42.0 Å². The highest BCUT2D eigenvalue weighted by atomic mass is 16.2. The molecular weight excluding hydrogens is 324 g/mol. The van der Waals surface area contributed by atoms with E-state index < -0.39 is 0 Å². The zero-order chi connectivity index (χ0) is 19.1. The number of anilines is 1. The van der Waals surface area contributed by atoms with Gasteiger partial charge in [0.2, 0.25) is 11.8 Å². The summed E-state index contributed by atoms with van der Waals surface area (Å²) >= 11 is 0. The number of para-hydroxylation sites is 1. The Morgan fingerprint density at radius 1 is 1.00 bits per heavy atom. The molecule has 0 saturated heterocycles. The molecule has 2 rings (SSSR count). The maximum absolute atomic E-state index is 12.0. The van der Waals surface area contributed by atoms with Gasteiger partial charge in [-0.3, -0.25) is 9.59 Å². The molecule has 26 heavy (non-hydrogen) atoms. The fraction of sp³-hybridized carbons (Fsp3) is 0.273. The summed E-state index contributed by atoms with van der Waals surface area (Å²) in [7, 11) is 0. The molecule has 136 valence electrons. The van der Waals surface area contributed by atoms with Crippen LogP contribution < -0.4 is 10.6 Å². The predicted molar refractivity (Wildman–Crippen MR) is 107 cm³/mol. The van der Waals surface area contributed by atoms with Crippen LogP contribution in [0, 0.1) is 13.8 Å². The van der Waals surface area contributed by atoms with Crippen molar-refractivity contribution >= 4 is 23.6 Å². The molecule has 0 radical (unpaired) electrons. The third-order valence-corrected chi connectivity index (χ3v) is 4.20. The average Bonchev–Trinajstić information content (AvgIpc) is 2.61. The fourth-order valence-corrected chi connectivity index (χ4v) is 2.59. The van der Waals surface area contributed by atoms with Crippen molar-refractivity contribution in [3.63, 3.8) is 0 Å². The van der Waals surface area contributed by atoms with Crippen molar-refractivity contribution in [1.82, 2.24) is 5.32 Å². The molecule has 0 atom stereocenters. The van der Waals surface area contributed by atoms with Gasteiger partial charge in [0.05, 0.1) is 6.54 Å². The van der Waals surface area contributed by atoms with Gasteiger partial charge in [-0.1, -0.05) is 56.3 Å². The zero-order valence-electron chi connectivity index (χ0n) is 15.8. The number of carbonyl (C=O) groups is 2. The lowest BCUT2D eigenvalue weighted by Gasteiger charge is -2.11. The van der Waals surface area contributed by atoms with Gasteiger partial charge in [0.1, 0.15) is 0 Å². The number of benzene rings is 2. The maximum atomic E-state index is 12.0. The minimum atomic E-state index is -0.297. The molecule has 0 aliphatic rings. The van der Waals surface area contributed by atoms with E-state index in [1.54, 1.807) is 6.08 Å². The summed E-state index contributed by atoms with van der Waals surface area (Å²) in [5.74, 6) is -0.0632. The molecule has 4 nitrogen and oxygen atoms in total. The van der Waals surface area contributed by atoms with Gasteiger partial charge in [-0.05, 0) is 48.1 Å². The Balaban J connectivity index is 1.85. The molecule has 0 bridgehead atoms. The minimum Gasteiger partial charge on any atom is -0.343 e. The van der Waals surface area contributed by atoms with E-state index in [1.807, 2.05) is 44.2 Å². The van der Waals surface area contributed by atoms with Crippen LogP contribution in [0.2, 0.25) is 0 Å². The van der Waals surface area contributed by atoms with Gasteiger partial charge in [-0.25, -0.2) is 0 Å². The van der Waals surface area contributed by atoms with Crippen molar-refractivity contribution in [1.29, 1.82) is 0 Å². The van der Waals surface area contributed by atoms with Gasteiger partial charge in [0.15, 0.2) is 0 Å². The summed E-state index contributed by atoms with van der Waals surface area (Å²) in [5.41, 5.74) is 5.00. The summed E-state index contributed by atoms with van der Waals surface area (Å²) in [6, 6.07) is 13.9. The van der Waals surface area contributed by atoms with Crippen molar-refractivity contribution in [2.75, 3.05) is 11.9 Å². The second kappa shape index (κ2) is 8.99. The lowest BCUT2D eigenvalue weighted by Crippen LogP contribution is -2.32. The first-order valence-corrected chi connectivity index (χ1v) is 8.78. The van der Waals surface area contributed by atoms with E-state index in [9.17, 15) is 9.59 Å². The quantitative estimate of drug-likeness (QED) is 0.767. The molecule has 0 spiro atoms. The van der Waals surface area contributed by atoms with Gasteiger partial charge in [0.25, 0.3) is 0 Å². The number of aryl methyl sites for hydroxylation is 2. The Morgan fingerprint density at radius 2 is 1.62 bits per heavy atom. The zero-order valence-corrected chi connectivity index (χ0v) is 15.8. The SMILES string of the molecule is Cc1cccc(C)c1NC(=O)CNC(=O)/C=C/c1ccc(C(C)C)cc1. The Labute approximate surface area is 155 Å². The molecule has 0 aromatic heterocycles. The molecule has 0 aliphatic heterocycles. The van der Waals surface area contributed by atoms with Gasteiger partial charge in [-0.15, -0.1) is 0 Å². The smallest absolute Gasteiger partial charge is 0.244 e. The molecule has 0 aliphatic carbocycles. The Kier molecular flexibility index (Phi) is 6.73. The first kappa shape index (κ1) is 19.4. The molecule has 0 fully saturated rings. The first-order valence-electron chi connectivity index (χ1n) is 8.78. The highest BCUT2D eigenvalue weighted by Crippen LogP contribution is 2.19. The van der Waals surface area contributed by atoms with Crippen molar-refractivity contribution in [3.8, 4) is 0 Å². The average molecular weight is 350 g/mol. The van der Waals surface area contributed by atoms with Crippen LogP contribution in [0.5, 0.6) is 0 Å². The number of carbonyl (C=O) groups excluding carboxylic acids is 2. The maximum Gasteiger partial charge on any atom is 0.244 e. The molecule has 2 aromatic carbocycles. The Bertz CT molecular complexity index is 785. The van der Waals surface area contributed by atoms with E-state index in [1.165, 1.54) is 11.6 Å². The van der Waals surface area contributed by atoms with Crippen LogP contribution in [-0.2, 0) is 9.59 Å². The van der Waals surface area contributed by atoms with E-state index >= 15 is 0 Å². The summed E-state index contributed by atoms with van der Waals surface area (Å²) < 4.78 is 0. The number of nitrogens with one attached hydrogen (secondary N) is 2. The largest absolute Gasteiger partial charge is 0.343 e. The van der Waals surface area contributed by atoms with Crippen LogP contribution in [0.3, 0.4) is 0 Å². The summed E-state index contributed by atoms with van der Waals surface area (Å²) in [5, 5.41) is 5.45. The Morgan fingerprint density at radius 3 is 2.19 bits per heavy atom. The lowest BCUT2D eigenvalue weighted by atomic mass is 10.0. The van der Waals surface area contributed by atoms with Crippen molar-refractivity contribution in [3.05, 3.63) is 70.8 Å². The molecule has 2 amide bonds. The summed E-state index contributed by atoms with van der Waals surface area (Å²) in [4.78, 5) is 24.0. The van der Waals surface area contributed by atoms with E-state index in [4.69, 9.17) is 0 Å². The highest BCUT2D eigenvalue weighted by molar-refractivity contribution is 5.98. The fourth-order valence-electron chi connectivity index (χ4n) is 2.59. The summed E-state index contributed by atoms with van der Waals surface area (Å²) in [6.07, 6.45) is 3.18. The number of hydrogen-bond acceptors (Lipinski definition) is 2. The third kappa shape index (κ3) is 5.59. The lowest BCUT2D eigenvalue weighted by molar-refractivity contribution is -0.121.